The summed E-state index contributed by atoms with van der Waals surface area (Å²) < 4.78 is 45.0. The largest absolute Gasteiger partial charge is 0.462 e. The van der Waals surface area contributed by atoms with Gasteiger partial charge in [0.25, 0.3) is 0 Å². The van der Waals surface area contributed by atoms with E-state index >= 15 is 0 Å². The number of hydrogen-bond donors (Lipinski definition) is 1. The smallest absolute Gasteiger partial charge is 0.433 e. The number of esters is 1. The number of ether oxygens (including phenoxy) is 1. The van der Waals surface area contributed by atoms with Gasteiger partial charge in [-0.1, -0.05) is 11.6 Å². The number of nitrogens with zero attached hydrogens (tertiary/aromatic N) is 3. The number of allylic oxidation sites excluding steroid dienone is 1. The lowest BCUT2D eigenvalue weighted by atomic mass is 10.1. The van der Waals surface area contributed by atoms with Gasteiger partial charge in [0.05, 0.1) is 17.6 Å². The van der Waals surface area contributed by atoms with Crippen LogP contribution in [0.4, 0.5) is 19.0 Å². The maximum Gasteiger partial charge on any atom is 0.433 e. The zero-order valence-corrected chi connectivity index (χ0v) is 13.9. The fraction of sp³-hybridized carbons (Fsp3) is 0.267. The van der Waals surface area contributed by atoms with Crippen molar-refractivity contribution in [3.05, 3.63) is 34.6 Å². The highest BCUT2D eigenvalue weighted by molar-refractivity contribution is 6.31. The molecule has 2 heterocycles. The number of anilines is 1. The van der Waals surface area contributed by atoms with Crippen molar-refractivity contribution in [1.29, 1.82) is 0 Å². The number of aromatic nitrogens is 2. The van der Waals surface area contributed by atoms with Crippen molar-refractivity contribution in [2.75, 3.05) is 18.7 Å². The molecule has 1 N–H and O–H groups in total. The van der Waals surface area contributed by atoms with Crippen molar-refractivity contribution in [2.45, 2.75) is 13.1 Å². The monoisotopic (exact) mass is 372 g/mol. The Morgan fingerprint density at radius 3 is 2.68 bits per heavy atom. The average molecular weight is 373 g/mol. The fourth-order valence-corrected chi connectivity index (χ4v) is 2.59. The number of rotatable bonds is 2. The average Bonchev–Trinajstić information content (AvgIpc) is 2.52. The van der Waals surface area contributed by atoms with Crippen molar-refractivity contribution in [1.82, 2.24) is 15.4 Å². The Morgan fingerprint density at radius 2 is 2.04 bits per heavy atom. The molecule has 25 heavy (non-hydrogen) atoms. The molecule has 0 atom stereocenters. The van der Waals surface area contributed by atoms with Gasteiger partial charge < -0.3 is 4.74 Å². The third-order valence-electron chi connectivity index (χ3n) is 3.45. The van der Waals surface area contributed by atoms with Crippen LogP contribution in [0.1, 0.15) is 12.6 Å². The van der Waals surface area contributed by atoms with Gasteiger partial charge in [-0.15, -0.1) is 0 Å². The SMILES string of the molecule is CCOC(=O)C1=C(C(F)(F)F)NN(C)c2nc3ccc(Cl)cc3nc21. The Kier molecular flexibility index (Phi) is 4.19. The fourth-order valence-electron chi connectivity index (χ4n) is 2.42. The summed E-state index contributed by atoms with van der Waals surface area (Å²) in [6.45, 7) is 1.42. The molecule has 0 amide bonds. The van der Waals surface area contributed by atoms with Crippen LogP contribution in [-0.4, -0.2) is 35.8 Å². The summed E-state index contributed by atoms with van der Waals surface area (Å²) in [5, 5.41) is 1.41. The molecule has 0 spiro atoms. The second kappa shape index (κ2) is 6.07. The minimum Gasteiger partial charge on any atom is -0.462 e. The lowest BCUT2D eigenvalue weighted by Gasteiger charge is -2.31. The summed E-state index contributed by atoms with van der Waals surface area (Å²) in [4.78, 5) is 20.7. The van der Waals surface area contributed by atoms with Crippen molar-refractivity contribution >= 4 is 40.0 Å². The number of hydrazine groups is 1. The molecule has 0 bridgehead atoms. The molecule has 1 aliphatic rings. The van der Waals surface area contributed by atoms with Crippen molar-refractivity contribution in [3.8, 4) is 0 Å². The molecule has 10 heteroatoms. The first-order valence-corrected chi connectivity index (χ1v) is 7.56. The molecule has 0 aliphatic carbocycles. The van der Waals surface area contributed by atoms with E-state index in [-0.39, 0.29) is 23.6 Å². The number of carbonyl (C=O) groups is 1. The molecule has 132 valence electrons. The minimum atomic E-state index is -4.81. The van der Waals surface area contributed by atoms with Crippen LogP contribution in [-0.2, 0) is 9.53 Å². The summed E-state index contributed by atoms with van der Waals surface area (Å²) in [5.74, 6) is -1.06. The van der Waals surface area contributed by atoms with Crippen LogP contribution in [0.15, 0.2) is 23.9 Å². The molecular weight excluding hydrogens is 361 g/mol. The lowest BCUT2D eigenvalue weighted by molar-refractivity contribution is -0.137. The summed E-state index contributed by atoms with van der Waals surface area (Å²) in [6.07, 6.45) is -4.81. The highest BCUT2D eigenvalue weighted by atomic mass is 35.5. The maximum atomic E-state index is 13.4. The number of carbonyl (C=O) groups excluding carboxylic acids is 1. The lowest BCUT2D eigenvalue weighted by Crippen LogP contribution is -2.44. The molecule has 3 rings (SSSR count). The second-order valence-electron chi connectivity index (χ2n) is 5.17. The molecule has 0 radical (unpaired) electrons. The molecule has 2 aromatic rings. The zero-order valence-electron chi connectivity index (χ0n) is 13.1. The Hall–Kier alpha value is -2.55. The van der Waals surface area contributed by atoms with Gasteiger partial charge in [0.15, 0.2) is 11.5 Å². The highest BCUT2D eigenvalue weighted by Crippen LogP contribution is 2.38. The standard InChI is InChI=1S/C15H12ClF3N4O2/c1-3-25-14(24)10-11-13(23(2)22-12(10)15(17,18)19)21-8-5-4-7(16)6-9(8)20-11/h4-6,22H,3H2,1-2H3. The number of benzene rings is 1. The predicted octanol–water partition coefficient (Wildman–Crippen LogP) is 3.07. The minimum absolute atomic E-state index is 0.0749. The van der Waals surface area contributed by atoms with Crippen molar-refractivity contribution in [3.63, 3.8) is 0 Å². The predicted molar refractivity (Wildman–Crippen MR) is 85.7 cm³/mol. The topological polar surface area (TPSA) is 67.3 Å². The van der Waals surface area contributed by atoms with E-state index in [1.807, 2.05) is 0 Å². The van der Waals surface area contributed by atoms with E-state index in [1.165, 1.54) is 20.0 Å². The summed E-state index contributed by atoms with van der Waals surface area (Å²) in [5.41, 5.74) is 0.646. The van der Waals surface area contributed by atoms with Gasteiger partial charge >= 0.3 is 12.1 Å². The van der Waals surface area contributed by atoms with Gasteiger partial charge in [-0.2, -0.15) is 13.2 Å². The van der Waals surface area contributed by atoms with E-state index in [2.05, 4.69) is 15.4 Å². The highest BCUT2D eigenvalue weighted by Gasteiger charge is 2.44. The first-order valence-electron chi connectivity index (χ1n) is 7.19. The normalized spacial score (nSPS) is 14.4. The van der Waals surface area contributed by atoms with Gasteiger partial charge in [0.2, 0.25) is 0 Å². The first-order chi connectivity index (χ1) is 11.7. The molecule has 0 saturated heterocycles. The molecule has 0 saturated carbocycles. The van der Waals surface area contributed by atoms with E-state index in [1.54, 1.807) is 12.1 Å². The Balaban J connectivity index is 2.32. The van der Waals surface area contributed by atoms with Gasteiger partial charge in [-0.3, -0.25) is 10.4 Å². The molecule has 1 aromatic carbocycles. The molecular formula is C15H12ClF3N4O2. The number of hydrogen-bond acceptors (Lipinski definition) is 6. The Morgan fingerprint density at radius 1 is 1.32 bits per heavy atom. The van der Waals surface area contributed by atoms with E-state index < -0.39 is 23.4 Å². The molecule has 0 unspecified atom stereocenters. The van der Waals surface area contributed by atoms with E-state index in [9.17, 15) is 18.0 Å². The van der Waals surface area contributed by atoms with Crippen LogP contribution in [0, 0.1) is 0 Å². The maximum absolute atomic E-state index is 13.4. The molecule has 1 aromatic heterocycles. The van der Waals surface area contributed by atoms with Crippen molar-refractivity contribution < 1.29 is 22.7 Å². The number of halogens is 4. The van der Waals surface area contributed by atoms with E-state index in [0.717, 1.165) is 5.01 Å². The van der Waals surface area contributed by atoms with Crippen molar-refractivity contribution in [2.24, 2.45) is 0 Å². The number of fused-ring (bicyclic) bond motifs is 2. The van der Waals surface area contributed by atoms with Crippen LogP contribution in [0.25, 0.3) is 16.6 Å². The van der Waals surface area contributed by atoms with Crippen LogP contribution >= 0.6 is 11.6 Å². The summed E-state index contributed by atoms with van der Waals surface area (Å²) in [6, 6.07) is 4.64. The second-order valence-corrected chi connectivity index (χ2v) is 5.60. The third-order valence-corrected chi connectivity index (χ3v) is 3.69. The molecule has 6 nitrogen and oxygen atoms in total. The Labute approximate surface area is 145 Å². The zero-order chi connectivity index (χ0) is 18.4. The molecule has 0 fully saturated rings. The summed E-state index contributed by atoms with van der Waals surface area (Å²) in [7, 11) is 1.35. The quantitative estimate of drug-likeness (QED) is 0.817. The van der Waals surface area contributed by atoms with Gasteiger partial charge in [0.1, 0.15) is 11.3 Å². The van der Waals surface area contributed by atoms with E-state index in [0.29, 0.717) is 10.5 Å². The van der Waals surface area contributed by atoms with E-state index in [4.69, 9.17) is 16.3 Å². The van der Waals surface area contributed by atoms with Crippen LogP contribution < -0.4 is 10.4 Å². The molecule has 1 aliphatic heterocycles. The Bertz CT molecular complexity index is 898. The first kappa shape index (κ1) is 17.3. The number of alkyl halides is 3. The third kappa shape index (κ3) is 3.07. The van der Waals surface area contributed by atoms with Gasteiger partial charge in [-0.25, -0.2) is 14.8 Å². The van der Waals surface area contributed by atoms with Gasteiger partial charge in [0, 0.05) is 12.1 Å². The van der Waals surface area contributed by atoms with Crippen LogP contribution in [0.3, 0.4) is 0 Å². The van der Waals surface area contributed by atoms with Crippen LogP contribution in [0.5, 0.6) is 0 Å². The number of nitrogens with one attached hydrogen (secondary N) is 1. The van der Waals surface area contributed by atoms with Gasteiger partial charge in [-0.05, 0) is 25.1 Å². The van der Waals surface area contributed by atoms with Crippen LogP contribution in [0.2, 0.25) is 5.02 Å². The summed E-state index contributed by atoms with van der Waals surface area (Å²) >= 11 is 5.91.